The summed E-state index contributed by atoms with van der Waals surface area (Å²) in [4.78, 5) is 10.8. The molecule has 0 aromatic heterocycles. The van der Waals surface area contributed by atoms with Gasteiger partial charge in [0.15, 0.2) is 0 Å². The number of rotatable bonds is 3. The lowest BCUT2D eigenvalue weighted by Gasteiger charge is -2.25. The van der Waals surface area contributed by atoms with Gasteiger partial charge in [-0.2, -0.15) is 0 Å². The zero-order chi connectivity index (χ0) is 12.3. The lowest BCUT2D eigenvalue weighted by Crippen LogP contribution is -2.38. The summed E-state index contributed by atoms with van der Waals surface area (Å²) in [7, 11) is 0. The van der Waals surface area contributed by atoms with Crippen LogP contribution in [-0.2, 0) is 0 Å². The van der Waals surface area contributed by atoms with Crippen molar-refractivity contribution < 1.29 is 9.90 Å². The van der Waals surface area contributed by atoms with Gasteiger partial charge in [-0.3, -0.25) is 0 Å². The fourth-order valence-electron chi connectivity index (χ4n) is 2.15. The zero-order valence-corrected chi connectivity index (χ0v) is 9.99. The molecule has 1 aliphatic rings. The maximum atomic E-state index is 10.8. The quantitative estimate of drug-likeness (QED) is 0.747. The second-order valence-electron chi connectivity index (χ2n) is 4.52. The molecule has 0 saturated carbocycles. The summed E-state index contributed by atoms with van der Waals surface area (Å²) in [5.74, 6) is -0.876. The first-order chi connectivity index (χ1) is 8.16. The molecule has 0 amide bonds. The number of hydrogen-bond acceptors (Lipinski definition) is 3. The lowest BCUT2D eigenvalue weighted by molar-refractivity contribution is 0.0697. The van der Waals surface area contributed by atoms with Gasteiger partial charge in [0.1, 0.15) is 0 Å². The molecule has 2 rings (SSSR count). The summed E-state index contributed by atoms with van der Waals surface area (Å²) >= 11 is 0. The molecule has 17 heavy (non-hydrogen) atoms. The average Bonchev–Trinajstić information content (AvgIpc) is 2.33. The van der Waals surface area contributed by atoms with Crippen LogP contribution in [0.15, 0.2) is 18.2 Å². The van der Waals surface area contributed by atoms with E-state index in [0.717, 1.165) is 30.8 Å². The Labute approximate surface area is 101 Å². The molecule has 0 bridgehead atoms. The predicted molar refractivity (Wildman–Crippen MR) is 67.7 cm³/mol. The second kappa shape index (κ2) is 5.19. The molecule has 3 N–H and O–H groups in total. The van der Waals surface area contributed by atoms with Crippen LogP contribution in [0.3, 0.4) is 0 Å². The van der Waals surface area contributed by atoms with E-state index in [1.807, 2.05) is 13.0 Å². The van der Waals surface area contributed by atoms with Gasteiger partial charge in [0.2, 0.25) is 0 Å². The summed E-state index contributed by atoms with van der Waals surface area (Å²) in [6.45, 7) is 4.00. The summed E-state index contributed by atoms with van der Waals surface area (Å²) < 4.78 is 0. The molecule has 1 heterocycles. The van der Waals surface area contributed by atoms with Crippen molar-refractivity contribution in [1.29, 1.82) is 0 Å². The van der Waals surface area contributed by atoms with Gasteiger partial charge in [0.25, 0.3) is 0 Å². The topological polar surface area (TPSA) is 61.4 Å². The van der Waals surface area contributed by atoms with E-state index in [1.54, 1.807) is 12.1 Å². The molecule has 4 heteroatoms. The largest absolute Gasteiger partial charge is 0.478 e. The Hall–Kier alpha value is -1.55. The number of hydrogen-bond donors (Lipinski definition) is 3. The minimum atomic E-state index is -0.876. The van der Waals surface area contributed by atoms with E-state index >= 15 is 0 Å². The molecular formula is C13H18N2O2. The highest BCUT2D eigenvalue weighted by Gasteiger charge is 2.13. The fourth-order valence-corrected chi connectivity index (χ4v) is 2.15. The van der Waals surface area contributed by atoms with Crippen molar-refractivity contribution in [3.63, 3.8) is 0 Å². The number of anilines is 1. The third-order valence-electron chi connectivity index (χ3n) is 3.13. The van der Waals surface area contributed by atoms with Crippen LogP contribution in [0, 0.1) is 6.92 Å². The standard InChI is InChI=1S/C13H18N2O2/c1-9-7-10(13(16)17)4-5-12(9)15-11-3-2-6-14-8-11/h4-5,7,11,14-15H,2-3,6,8H2,1H3,(H,16,17). The highest BCUT2D eigenvalue weighted by Crippen LogP contribution is 2.19. The molecule has 92 valence electrons. The van der Waals surface area contributed by atoms with Crippen LogP contribution < -0.4 is 10.6 Å². The Balaban J connectivity index is 2.08. The van der Waals surface area contributed by atoms with Gasteiger partial charge in [-0.1, -0.05) is 0 Å². The third-order valence-corrected chi connectivity index (χ3v) is 3.13. The Morgan fingerprint density at radius 3 is 2.94 bits per heavy atom. The minimum absolute atomic E-state index is 0.342. The number of aryl methyl sites for hydroxylation is 1. The van der Waals surface area contributed by atoms with Crippen LogP contribution in [0.1, 0.15) is 28.8 Å². The number of piperidine rings is 1. The summed E-state index contributed by atoms with van der Waals surface area (Å²) in [5.41, 5.74) is 2.36. The number of aromatic carboxylic acids is 1. The van der Waals surface area contributed by atoms with Crippen molar-refractivity contribution in [2.75, 3.05) is 18.4 Å². The SMILES string of the molecule is Cc1cc(C(=O)O)ccc1NC1CCCNC1. The van der Waals surface area contributed by atoms with Crippen LogP contribution in [0.25, 0.3) is 0 Å². The first kappa shape index (κ1) is 11.9. The molecule has 1 aromatic rings. The van der Waals surface area contributed by atoms with Gasteiger partial charge in [0, 0.05) is 18.3 Å². The van der Waals surface area contributed by atoms with Gasteiger partial charge >= 0.3 is 5.97 Å². The number of carboxylic acids is 1. The Morgan fingerprint density at radius 2 is 2.35 bits per heavy atom. The first-order valence-electron chi connectivity index (χ1n) is 5.98. The van der Waals surface area contributed by atoms with Crippen molar-refractivity contribution in [3.05, 3.63) is 29.3 Å². The second-order valence-corrected chi connectivity index (χ2v) is 4.52. The van der Waals surface area contributed by atoms with E-state index in [0.29, 0.717) is 11.6 Å². The predicted octanol–water partition coefficient (Wildman–Crippen LogP) is 1.86. The third kappa shape index (κ3) is 2.97. The van der Waals surface area contributed by atoms with E-state index < -0.39 is 5.97 Å². The fraction of sp³-hybridized carbons (Fsp3) is 0.462. The van der Waals surface area contributed by atoms with Crippen LogP contribution in [0.4, 0.5) is 5.69 Å². The smallest absolute Gasteiger partial charge is 0.335 e. The Morgan fingerprint density at radius 1 is 1.53 bits per heavy atom. The average molecular weight is 234 g/mol. The zero-order valence-electron chi connectivity index (χ0n) is 9.99. The number of benzene rings is 1. The van der Waals surface area contributed by atoms with Crippen LogP contribution in [-0.4, -0.2) is 30.2 Å². The van der Waals surface area contributed by atoms with Crippen molar-refractivity contribution in [2.24, 2.45) is 0 Å². The Bertz CT molecular complexity index is 412. The van der Waals surface area contributed by atoms with E-state index in [-0.39, 0.29) is 0 Å². The van der Waals surface area contributed by atoms with Gasteiger partial charge in [0.05, 0.1) is 5.56 Å². The monoisotopic (exact) mass is 234 g/mol. The van der Waals surface area contributed by atoms with Crippen molar-refractivity contribution >= 4 is 11.7 Å². The summed E-state index contributed by atoms with van der Waals surface area (Å²) in [6, 6.07) is 5.65. The van der Waals surface area contributed by atoms with Gasteiger partial charge < -0.3 is 15.7 Å². The van der Waals surface area contributed by atoms with Gasteiger partial charge in [-0.05, 0) is 50.1 Å². The van der Waals surface area contributed by atoms with Gasteiger partial charge in [-0.15, -0.1) is 0 Å². The molecule has 1 saturated heterocycles. The highest BCUT2D eigenvalue weighted by atomic mass is 16.4. The summed E-state index contributed by atoms with van der Waals surface area (Å²) in [5, 5.41) is 15.7. The van der Waals surface area contributed by atoms with Crippen molar-refractivity contribution in [1.82, 2.24) is 5.32 Å². The number of carboxylic acid groups (broad SMARTS) is 1. The van der Waals surface area contributed by atoms with E-state index in [2.05, 4.69) is 10.6 Å². The molecule has 1 fully saturated rings. The highest BCUT2D eigenvalue weighted by molar-refractivity contribution is 5.88. The number of nitrogens with one attached hydrogen (secondary N) is 2. The molecule has 1 unspecified atom stereocenters. The van der Waals surface area contributed by atoms with E-state index in [1.165, 1.54) is 6.42 Å². The van der Waals surface area contributed by atoms with Gasteiger partial charge in [-0.25, -0.2) is 4.79 Å². The molecule has 4 nitrogen and oxygen atoms in total. The van der Waals surface area contributed by atoms with E-state index in [9.17, 15) is 4.79 Å². The van der Waals surface area contributed by atoms with E-state index in [4.69, 9.17) is 5.11 Å². The molecular weight excluding hydrogens is 216 g/mol. The number of carbonyl (C=O) groups is 1. The van der Waals surface area contributed by atoms with Crippen molar-refractivity contribution in [2.45, 2.75) is 25.8 Å². The van der Waals surface area contributed by atoms with Crippen LogP contribution in [0.2, 0.25) is 0 Å². The maximum Gasteiger partial charge on any atom is 0.335 e. The molecule has 1 atom stereocenters. The van der Waals surface area contributed by atoms with Crippen molar-refractivity contribution in [3.8, 4) is 0 Å². The minimum Gasteiger partial charge on any atom is -0.478 e. The lowest BCUT2D eigenvalue weighted by atomic mass is 10.1. The molecule has 0 aliphatic carbocycles. The first-order valence-corrected chi connectivity index (χ1v) is 5.98. The molecule has 1 aromatic carbocycles. The van der Waals surface area contributed by atoms with Crippen LogP contribution >= 0.6 is 0 Å². The normalized spacial score (nSPS) is 19.9. The molecule has 0 spiro atoms. The molecule has 1 aliphatic heterocycles. The van der Waals surface area contributed by atoms with Crippen LogP contribution in [0.5, 0.6) is 0 Å². The molecule has 0 radical (unpaired) electrons. The maximum absolute atomic E-state index is 10.8. The summed E-state index contributed by atoms with van der Waals surface area (Å²) in [6.07, 6.45) is 2.34. The Kier molecular flexibility index (Phi) is 3.64.